The number of benzene rings is 2. The molecule has 0 radical (unpaired) electrons. The van der Waals surface area contributed by atoms with Crippen molar-refractivity contribution in [3.05, 3.63) is 65.0 Å². The third-order valence-corrected chi connectivity index (χ3v) is 11.1. The molecule has 1 N–H and O–H groups in total. The van der Waals surface area contributed by atoms with Crippen molar-refractivity contribution >= 4 is 15.9 Å². The van der Waals surface area contributed by atoms with Gasteiger partial charge in [-0.1, -0.05) is 18.2 Å². The number of likely N-dealkylation sites (tertiary alicyclic amines) is 1. The number of piperazine rings is 1. The molecule has 0 bridgehead atoms. The van der Waals surface area contributed by atoms with Crippen LogP contribution in [0.4, 0.5) is 39.9 Å². The minimum Gasteiger partial charge on any atom is -0.322 e. The first-order valence-corrected chi connectivity index (χ1v) is 14.7. The summed E-state index contributed by atoms with van der Waals surface area (Å²) in [5.74, 6) is -0.730. The number of nitrogens with one attached hydrogen (secondary N) is 1. The summed E-state index contributed by atoms with van der Waals surface area (Å²) < 4.78 is 136. The Hall–Kier alpha value is -2.94. The predicted molar refractivity (Wildman–Crippen MR) is 134 cm³/mol. The van der Waals surface area contributed by atoms with Gasteiger partial charge in [-0.3, -0.25) is 0 Å². The number of aryl methyl sites for hydroxylation is 1. The van der Waals surface area contributed by atoms with Crippen molar-refractivity contribution in [2.24, 2.45) is 0 Å². The van der Waals surface area contributed by atoms with Gasteiger partial charge in [0.15, 0.2) is 9.84 Å². The van der Waals surface area contributed by atoms with Crippen LogP contribution in [-0.2, 0) is 26.7 Å². The topological polar surface area (TPSA) is 69.7 Å². The Morgan fingerprint density at radius 2 is 1.62 bits per heavy atom. The number of hydrogen-bond donors (Lipinski definition) is 1. The normalized spacial score (nSPS) is 25.3. The Kier molecular flexibility index (Phi) is 7.31. The number of sulfone groups is 1. The van der Waals surface area contributed by atoms with E-state index in [4.69, 9.17) is 0 Å². The number of urea groups is 1. The maximum absolute atomic E-state index is 14.9. The third-order valence-electron chi connectivity index (χ3n) is 8.55. The van der Waals surface area contributed by atoms with Crippen LogP contribution in [-0.4, -0.2) is 74.9 Å². The summed E-state index contributed by atoms with van der Waals surface area (Å²) in [6.45, 7) is 2.99. The van der Waals surface area contributed by atoms with Crippen LogP contribution >= 0.6 is 0 Å². The zero-order chi connectivity index (χ0) is 30.9. The van der Waals surface area contributed by atoms with E-state index >= 15 is 0 Å². The Labute approximate surface area is 236 Å². The van der Waals surface area contributed by atoms with Gasteiger partial charge in [0.1, 0.15) is 10.6 Å². The molecule has 2 amide bonds. The lowest BCUT2D eigenvalue weighted by atomic mass is 9.77. The molecule has 3 aliphatic rings. The summed E-state index contributed by atoms with van der Waals surface area (Å²) >= 11 is 0. The molecule has 230 valence electrons. The number of nitrogens with zero attached hydrogens (tertiary/aromatic N) is 2. The van der Waals surface area contributed by atoms with Gasteiger partial charge >= 0.3 is 24.1 Å². The second kappa shape index (κ2) is 10.1. The number of amides is 2. The molecule has 0 spiro atoms. The first kappa shape index (κ1) is 30.5. The maximum Gasteiger partial charge on any atom is 0.435 e. The minimum absolute atomic E-state index is 0.0354. The molecule has 42 heavy (non-hydrogen) atoms. The average Bonchev–Trinajstić information content (AvgIpc) is 3.32. The van der Waals surface area contributed by atoms with Gasteiger partial charge in [-0.2, -0.15) is 26.3 Å². The highest BCUT2D eigenvalue weighted by Crippen LogP contribution is 2.56. The van der Waals surface area contributed by atoms with E-state index in [0.29, 0.717) is 31.8 Å². The SMILES string of the molecule is CC1CN(C(=O)N2CC[C@@]3(S(=O)(=O)c4ccc(F)cc4)c4ccc(C(F)(C(F)(F)F)C(F)(F)F)cc4CC[C@@H]23)CCN1. The van der Waals surface area contributed by atoms with E-state index in [-0.39, 0.29) is 47.9 Å². The van der Waals surface area contributed by atoms with Crippen molar-refractivity contribution in [2.75, 3.05) is 26.2 Å². The van der Waals surface area contributed by atoms with Crippen LogP contribution in [0.25, 0.3) is 0 Å². The van der Waals surface area contributed by atoms with Crippen LogP contribution < -0.4 is 5.32 Å². The fourth-order valence-corrected chi connectivity index (χ4v) is 8.94. The highest BCUT2D eigenvalue weighted by Gasteiger charge is 2.74. The molecule has 0 aromatic heterocycles. The number of carbonyl (C=O) groups is 1. The first-order chi connectivity index (χ1) is 19.4. The Morgan fingerprint density at radius 1 is 0.976 bits per heavy atom. The highest BCUT2D eigenvalue weighted by molar-refractivity contribution is 7.92. The number of alkyl halides is 7. The lowest BCUT2D eigenvalue weighted by Gasteiger charge is -2.44. The van der Waals surface area contributed by atoms with Gasteiger partial charge in [-0.15, -0.1) is 0 Å². The van der Waals surface area contributed by atoms with Crippen molar-refractivity contribution < 1.29 is 48.3 Å². The van der Waals surface area contributed by atoms with Gasteiger partial charge in [0.25, 0.3) is 0 Å². The number of halogens is 8. The largest absolute Gasteiger partial charge is 0.435 e. The summed E-state index contributed by atoms with van der Waals surface area (Å²) in [4.78, 5) is 16.3. The highest BCUT2D eigenvalue weighted by atomic mass is 32.2. The van der Waals surface area contributed by atoms with E-state index < -0.39 is 56.1 Å². The van der Waals surface area contributed by atoms with Gasteiger partial charge < -0.3 is 15.1 Å². The molecule has 0 saturated carbocycles. The van der Waals surface area contributed by atoms with Crippen LogP contribution in [0.2, 0.25) is 0 Å². The molecule has 2 aromatic rings. The van der Waals surface area contributed by atoms with E-state index in [9.17, 15) is 48.3 Å². The molecule has 2 fully saturated rings. The van der Waals surface area contributed by atoms with E-state index in [2.05, 4.69) is 5.32 Å². The quantitative estimate of drug-likeness (QED) is 0.376. The molecule has 2 aliphatic heterocycles. The van der Waals surface area contributed by atoms with Crippen LogP contribution in [0.5, 0.6) is 0 Å². The van der Waals surface area contributed by atoms with E-state index in [0.717, 1.165) is 30.3 Å². The molecule has 3 atom stereocenters. The number of fused-ring (bicyclic) bond motifs is 3. The second-order valence-electron chi connectivity index (χ2n) is 11.0. The second-order valence-corrected chi connectivity index (χ2v) is 13.2. The van der Waals surface area contributed by atoms with E-state index in [1.54, 1.807) is 4.90 Å². The van der Waals surface area contributed by atoms with Gasteiger partial charge in [0, 0.05) is 37.8 Å². The number of rotatable bonds is 3. The summed E-state index contributed by atoms with van der Waals surface area (Å²) in [5, 5.41) is 3.19. The zero-order valence-corrected chi connectivity index (χ0v) is 23.0. The molecule has 6 nitrogen and oxygen atoms in total. The monoisotopic (exact) mass is 625 g/mol. The number of hydrogen-bond acceptors (Lipinski definition) is 4. The molecule has 15 heteroatoms. The predicted octanol–water partition coefficient (Wildman–Crippen LogP) is 5.22. The van der Waals surface area contributed by atoms with Crippen LogP contribution in [0.3, 0.4) is 0 Å². The standard InChI is InChI=1S/C27H27F8N3O3S/c1-16-15-37(13-11-36-16)23(39)38-12-10-24(42(40,41)20-6-4-19(28)5-7-20)21-8-3-18(14-17(21)2-9-22(24)38)25(29,26(30,31)32)27(33,34)35/h3-8,14,16,22,36H,2,9-13,15H2,1H3/t16?,22-,24-/m1/s1. The van der Waals surface area contributed by atoms with Crippen LogP contribution in [0, 0.1) is 5.82 Å². The number of carbonyl (C=O) groups excluding carboxylic acids is 1. The van der Waals surface area contributed by atoms with Crippen molar-refractivity contribution in [3.8, 4) is 0 Å². The Balaban J connectivity index is 1.67. The molecule has 2 aromatic carbocycles. The van der Waals surface area contributed by atoms with Crippen molar-refractivity contribution in [1.29, 1.82) is 0 Å². The summed E-state index contributed by atoms with van der Waals surface area (Å²) in [6, 6.07) is 3.87. The first-order valence-electron chi connectivity index (χ1n) is 13.2. The lowest BCUT2D eigenvalue weighted by Crippen LogP contribution is -2.58. The molecular formula is C27H27F8N3O3S. The molecular weight excluding hydrogens is 598 g/mol. The summed E-state index contributed by atoms with van der Waals surface area (Å²) in [7, 11) is -4.53. The van der Waals surface area contributed by atoms with Crippen LogP contribution in [0.15, 0.2) is 47.4 Å². The fraction of sp³-hybridized carbons (Fsp3) is 0.519. The lowest BCUT2D eigenvalue weighted by molar-refractivity contribution is -0.348. The molecule has 5 rings (SSSR count). The molecule has 1 unspecified atom stereocenters. The van der Waals surface area contributed by atoms with E-state index in [1.165, 1.54) is 4.90 Å². The molecule has 2 heterocycles. The maximum atomic E-state index is 14.9. The summed E-state index contributed by atoms with van der Waals surface area (Å²) in [5.41, 5.74) is -7.71. The van der Waals surface area contributed by atoms with Gasteiger partial charge in [0.2, 0.25) is 0 Å². The fourth-order valence-electron chi connectivity index (χ4n) is 6.57. The van der Waals surface area contributed by atoms with Crippen molar-refractivity contribution in [3.63, 3.8) is 0 Å². The van der Waals surface area contributed by atoms with Crippen molar-refractivity contribution in [2.45, 2.75) is 65.9 Å². The van der Waals surface area contributed by atoms with Gasteiger partial charge in [-0.05, 0) is 61.6 Å². The molecule has 1 aliphatic carbocycles. The Morgan fingerprint density at radius 3 is 2.21 bits per heavy atom. The van der Waals surface area contributed by atoms with Crippen LogP contribution in [0.1, 0.15) is 36.5 Å². The average molecular weight is 626 g/mol. The third kappa shape index (κ3) is 4.45. The zero-order valence-electron chi connectivity index (χ0n) is 22.2. The Bertz CT molecular complexity index is 1460. The minimum atomic E-state index is -6.34. The van der Waals surface area contributed by atoms with E-state index in [1.807, 2.05) is 6.92 Å². The van der Waals surface area contributed by atoms with Crippen molar-refractivity contribution in [1.82, 2.24) is 15.1 Å². The summed E-state index contributed by atoms with van der Waals surface area (Å²) in [6.07, 6.45) is -13.2. The molecule has 2 saturated heterocycles. The van der Waals surface area contributed by atoms with Gasteiger partial charge in [-0.25, -0.2) is 22.0 Å². The van der Waals surface area contributed by atoms with Gasteiger partial charge in [0.05, 0.1) is 10.9 Å². The smallest absolute Gasteiger partial charge is 0.322 e.